The Balaban J connectivity index is 1.38. The number of likely N-dealkylation sites (tertiary alicyclic amines) is 1. The molecule has 1 aromatic rings. The van der Waals surface area contributed by atoms with Gasteiger partial charge in [0.25, 0.3) is 0 Å². The number of piperidine rings is 1. The number of fused-ring (bicyclic) bond motifs is 2. The number of rotatable bonds is 4. The van der Waals surface area contributed by atoms with Crippen LogP contribution in [0.5, 0.6) is 11.5 Å². The molecule has 7 atom stereocenters. The van der Waals surface area contributed by atoms with Crippen LogP contribution in [-0.4, -0.2) is 63.5 Å². The van der Waals surface area contributed by atoms with E-state index in [0.29, 0.717) is 29.3 Å². The van der Waals surface area contributed by atoms with Gasteiger partial charge in [0.2, 0.25) is 0 Å². The molecule has 5 nitrogen and oxygen atoms in total. The maximum absolute atomic E-state index is 12.3. The van der Waals surface area contributed by atoms with Crippen molar-refractivity contribution >= 4 is 28.7 Å². The molecule has 8 aliphatic rings. The minimum Gasteiger partial charge on any atom is -0.504 e. The molecule has 4 bridgehead atoms. The quantitative estimate of drug-likeness (QED) is 0.497. The van der Waals surface area contributed by atoms with Gasteiger partial charge in [-0.1, -0.05) is 36.8 Å². The summed E-state index contributed by atoms with van der Waals surface area (Å²) in [5.74, 6) is 0.906. The lowest BCUT2D eigenvalue weighted by Gasteiger charge is -2.77. The molecule has 2 N–H and O–H groups in total. The van der Waals surface area contributed by atoms with Crippen molar-refractivity contribution in [2.24, 2.45) is 10.8 Å². The van der Waals surface area contributed by atoms with Crippen molar-refractivity contribution in [1.82, 2.24) is 4.90 Å². The highest BCUT2D eigenvalue weighted by atomic mass is 35.5. The Morgan fingerprint density at radius 3 is 2.79 bits per heavy atom. The molecule has 4 saturated carbocycles. The Hall–Kier alpha value is -1.44. The van der Waals surface area contributed by atoms with Crippen LogP contribution < -0.4 is 4.74 Å². The number of aliphatic hydroxyl groups is 1. The van der Waals surface area contributed by atoms with E-state index in [4.69, 9.17) is 33.3 Å². The summed E-state index contributed by atoms with van der Waals surface area (Å²) in [5.41, 5.74) is 2.84. The summed E-state index contributed by atoms with van der Waals surface area (Å²) < 4.78 is 13.6. The zero-order valence-corrected chi connectivity index (χ0v) is 23.9. The van der Waals surface area contributed by atoms with Crippen molar-refractivity contribution in [2.45, 2.75) is 101 Å². The van der Waals surface area contributed by atoms with Gasteiger partial charge in [-0.25, -0.2) is 0 Å². The number of hydrogen-bond donors (Lipinski definition) is 2. The van der Waals surface area contributed by atoms with E-state index >= 15 is 0 Å². The molecule has 1 saturated heterocycles. The Morgan fingerprint density at radius 2 is 2.05 bits per heavy atom. The van der Waals surface area contributed by atoms with Gasteiger partial charge in [0.05, 0.1) is 6.10 Å². The smallest absolute Gasteiger partial charge is 0.165 e. The van der Waals surface area contributed by atoms with Crippen LogP contribution in [0.3, 0.4) is 0 Å². The lowest BCUT2D eigenvalue weighted by Crippen LogP contribution is -2.84. The van der Waals surface area contributed by atoms with Gasteiger partial charge >= 0.3 is 0 Å². The number of phenols is 1. The van der Waals surface area contributed by atoms with Gasteiger partial charge in [-0.05, 0) is 87.3 Å². The van der Waals surface area contributed by atoms with Crippen LogP contribution in [0, 0.1) is 17.8 Å². The second-order valence-electron chi connectivity index (χ2n) is 13.4. The molecule has 7 heteroatoms. The molecule has 9 rings (SSSR count). The Bertz CT molecular complexity index is 1370. The zero-order chi connectivity index (χ0) is 26.4. The topological polar surface area (TPSA) is 62.2 Å². The van der Waals surface area contributed by atoms with E-state index in [9.17, 15) is 10.2 Å². The Kier molecular flexibility index (Phi) is 4.77. The summed E-state index contributed by atoms with van der Waals surface area (Å²) >= 11 is 12.2. The molecule has 6 aliphatic carbocycles. The molecule has 0 aromatic heterocycles. The zero-order valence-electron chi connectivity index (χ0n) is 22.3. The SMILES string of the molecule is CO[C@]12CCC3(CC1(C)[C@H](O)C1=CC(Cl)=CCC1=S)C1Cc4c(C)cc(O)c5c4[C@@]3(CCN1C1CC1)[C@@H]2O5. The molecule has 0 radical (unpaired) electrons. The van der Waals surface area contributed by atoms with E-state index in [0.717, 1.165) is 54.6 Å². The highest BCUT2D eigenvalue weighted by molar-refractivity contribution is 7.80. The van der Waals surface area contributed by atoms with Crippen molar-refractivity contribution in [3.05, 3.63) is 45.5 Å². The lowest BCUT2D eigenvalue weighted by molar-refractivity contribution is -0.319. The van der Waals surface area contributed by atoms with Gasteiger partial charge in [0, 0.05) is 57.3 Å². The molecular weight excluding hydrogens is 518 g/mol. The normalized spacial score (nSPS) is 43.3. The third kappa shape index (κ3) is 2.51. The van der Waals surface area contributed by atoms with Crippen LogP contribution in [0.1, 0.15) is 68.6 Å². The molecular formula is C31H36ClNO4S. The molecule has 5 fully saturated rings. The summed E-state index contributed by atoms with van der Waals surface area (Å²) in [6.07, 6.45) is 10.4. The number of nitrogens with zero attached hydrogens (tertiary/aromatic N) is 1. The highest BCUT2D eigenvalue weighted by Gasteiger charge is 2.84. The number of aliphatic hydroxyl groups excluding tert-OH is 1. The number of allylic oxidation sites excluding steroid dienone is 3. The van der Waals surface area contributed by atoms with E-state index in [-0.39, 0.29) is 22.7 Å². The minimum absolute atomic E-state index is 0.0799. The molecule has 1 aromatic carbocycles. The first-order chi connectivity index (χ1) is 18.1. The highest BCUT2D eigenvalue weighted by Crippen LogP contribution is 2.80. The average Bonchev–Trinajstić information content (AvgIpc) is 3.66. The maximum atomic E-state index is 12.3. The van der Waals surface area contributed by atoms with E-state index < -0.39 is 17.1 Å². The second-order valence-corrected chi connectivity index (χ2v) is 14.3. The van der Waals surface area contributed by atoms with Crippen molar-refractivity contribution < 1.29 is 19.7 Å². The second kappa shape index (κ2) is 7.44. The van der Waals surface area contributed by atoms with Crippen molar-refractivity contribution in [1.29, 1.82) is 0 Å². The Morgan fingerprint density at radius 1 is 1.26 bits per heavy atom. The van der Waals surface area contributed by atoms with Gasteiger partial charge in [0.1, 0.15) is 11.7 Å². The van der Waals surface area contributed by atoms with Crippen molar-refractivity contribution in [3.8, 4) is 11.5 Å². The fourth-order valence-electron chi connectivity index (χ4n) is 10.6. The fraction of sp³-hybridized carbons (Fsp3) is 0.645. The molecule has 3 unspecified atom stereocenters. The van der Waals surface area contributed by atoms with Crippen molar-refractivity contribution in [2.75, 3.05) is 13.7 Å². The molecule has 2 aliphatic heterocycles. The first-order valence-electron chi connectivity index (χ1n) is 14.3. The Labute approximate surface area is 234 Å². The monoisotopic (exact) mass is 553 g/mol. The maximum Gasteiger partial charge on any atom is 0.165 e. The number of phenolic OH excluding ortho intramolecular Hbond substituents is 1. The number of aryl methyl sites for hydroxylation is 1. The molecule has 38 heavy (non-hydrogen) atoms. The molecule has 2 heterocycles. The number of methoxy groups -OCH3 is 1. The predicted octanol–water partition coefficient (Wildman–Crippen LogP) is 5.25. The van der Waals surface area contributed by atoms with Crippen LogP contribution in [0.25, 0.3) is 0 Å². The summed E-state index contributed by atoms with van der Waals surface area (Å²) in [6, 6.07) is 2.94. The van der Waals surface area contributed by atoms with E-state index in [2.05, 4.69) is 18.7 Å². The minimum atomic E-state index is -0.828. The van der Waals surface area contributed by atoms with Crippen LogP contribution >= 0.6 is 23.8 Å². The summed E-state index contributed by atoms with van der Waals surface area (Å²) in [6.45, 7) is 5.40. The predicted molar refractivity (Wildman–Crippen MR) is 150 cm³/mol. The molecule has 0 amide bonds. The van der Waals surface area contributed by atoms with Crippen LogP contribution in [0.2, 0.25) is 0 Å². The number of benzene rings is 1. The molecule has 202 valence electrons. The summed E-state index contributed by atoms with van der Waals surface area (Å²) in [5, 5.41) is 24.2. The third-order valence-electron chi connectivity index (χ3n) is 12.2. The first-order valence-corrected chi connectivity index (χ1v) is 15.0. The number of hydrogen-bond acceptors (Lipinski definition) is 6. The van der Waals surface area contributed by atoms with Crippen LogP contribution in [0.15, 0.2) is 28.8 Å². The standard InChI is InChI=1S/C31H36ClNO4S/c1-16-12-21(34)25-24-19(16)14-23-29-8-9-31(36-3,27(37-25)30(24,29)10-11-33(23)18-5-6-18)28(2,15-29)26(35)20-13-17(32)4-7-22(20)38/h4,12-13,18,23,26-27,34-35H,5-11,14-15H2,1-3H3/t23?,26-,27+,28?,29?,30+,31+/m1/s1. The molecule has 2 spiro atoms. The number of thiocarbonyl (C=S) groups is 1. The van der Waals surface area contributed by atoms with Gasteiger partial charge in [-0.2, -0.15) is 0 Å². The summed E-state index contributed by atoms with van der Waals surface area (Å²) in [7, 11) is 1.79. The van der Waals surface area contributed by atoms with Gasteiger partial charge < -0.3 is 19.7 Å². The van der Waals surface area contributed by atoms with Gasteiger partial charge in [-0.3, -0.25) is 4.90 Å². The summed E-state index contributed by atoms with van der Waals surface area (Å²) in [4.78, 5) is 3.56. The lowest BCUT2D eigenvalue weighted by atomic mass is 9.31. The first kappa shape index (κ1) is 24.4. The van der Waals surface area contributed by atoms with Gasteiger partial charge in [0.15, 0.2) is 11.5 Å². The third-order valence-corrected chi connectivity index (χ3v) is 12.9. The average molecular weight is 554 g/mol. The number of halogens is 1. The number of aromatic hydroxyl groups is 1. The largest absolute Gasteiger partial charge is 0.504 e. The fourth-order valence-corrected chi connectivity index (χ4v) is 11.0. The van der Waals surface area contributed by atoms with Crippen LogP contribution in [-0.2, 0) is 16.6 Å². The van der Waals surface area contributed by atoms with Gasteiger partial charge in [-0.15, -0.1) is 0 Å². The van der Waals surface area contributed by atoms with Crippen LogP contribution in [0.4, 0.5) is 0 Å². The van der Waals surface area contributed by atoms with Crippen molar-refractivity contribution in [3.63, 3.8) is 0 Å². The van der Waals surface area contributed by atoms with E-state index in [1.807, 2.05) is 18.2 Å². The number of ether oxygens (including phenoxy) is 2. The van der Waals surface area contributed by atoms with E-state index in [1.165, 1.54) is 24.0 Å². The van der Waals surface area contributed by atoms with E-state index in [1.54, 1.807) is 7.11 Å².